The highest BCUT2D eigenvalue weighted by Gasteiger charge is 2.25. The number of aromatic amines is 1. The molecule has 3 heterocycles. The zero-order chi connectivity index (χ0) is 19.1. The molecule has 6 heteroatoms. The van der Waals surface area contributed by atoms with Gasteiger partial charge in [0.2, 0.25) is 0 Å². The van der Waals surface area contributed by atoms with Gasteiger partial charge in [-0.15, -0.1) is 0 Å². The Morgan fingerprint density at radius 1 is 1.00 bits per heavy atom. The maximum absolute atomic E-state index is 13.2. The van der Waals surface area contributed by atoms with Gasteiger partial charge in [-0.1, -0.05) is 54.6 Å². The summed E-state index contributed by atoms with van der Waals surface area (Å²) in [5, 5.41) is 2.87. The molecule has 1 amide bonds. The molecule has 1 aliphatic heterocycles. The summed E-state index contributed by atoms with van der Waals surface area (Å²) in [7, 11) is 0. The van der Waals surface area contributed by atoms with E-state index in [0.717, 1.165) is 17.5 Å². The summed E-state index contributed by atoms with van der Waals surface area (Å²) < 4.78 is 1.32. The van der Waals surface area contributed by atoms with Gasteiger partial charge >= 0.3 is 0 Å². The quantitative estimate of drug-likeness (QED) is 0.590. The fraction of sp³-hybridized carbons (Fsp3) is 0.136. The minimum atomic E-state index is -0.244. The van der Waals surface area contributed by atoms with Crippen molar-refractivity contribution in [3.05, 3.63) is 93.9 Å². The van der Waals surface area contributed by atoms with Crippen molar-refractivity contribution in [2.24, 2.45) is 0 Å². The van der Waals surface area contributed by atoms with Crippen LogP contribution < -0.4 is 5.56 Å². The number of fused-ring (bicyclic) bond motifs is 2. The molecule has 0 saturated heterocycles. The lowest BCUT2D eigenvalue weighted by molar-refractivity contribution is 0.0736. The van der Waals surface area contributed by atoms with Gasteiger partial charge in [-0.05, 0) is 17.5 Å². The highest BCUT2D eigenvalue weighted by Crippen LogP contribution is 2.22. The molecular formula is C22H18N4O2. The number of aromatic nitrogens is 3. The normalized spacial score (nSPS) is 13.5. The molecule has 1 aliphatic rings. The molecule has 2 aromatic carbocycles. The molecule has 0 spiro atoms. The minimum Gasteiger partial charge on any atom is -0.334 e. The molecule has 0 saturated carbocycles. The number of carbonyl (C=O) groups excluding carboxylic acids is 1. The topological polar surface area (TPSA) is 70.5 Å². The Morgan fingerprint density at radius 3 is 2.57 bits per heavy atom. The summed E-state index contributed by atoms with van der Waals surface area (Å²) in [6.45, 7) is 1.21. The molecule has 5 rings (SSSR count). The lowest BCUT2D eigenvalue weighted by atomic mass is 9.99. The van der Waals surface area contributed by atoms with E-state index in [2.05, 4.69) is 22.2 Å². The third kappa shape index (κ3) is 2.70. The predicted molar refractivity (Wildman–Crippen MR) is 106 cm³/mol. The van der Waals surface area contributed by atoms with Crippen LogP contribution in [0.15, 0.2) is 71.7 Å². The SMILES string of the molecule is O=C(c1c[nH]n2c(=O)cc(-c3ccccc3)nc12)N1CCc2ccccc2C1. The fourth-order valence-corrected chi connectivity index (χ4v) is 3.73. The van der Waals surface area contributed by atoms with E-state index in [4.69, 9.17) is 0 Å². The number of nitrogens with zero attached hydrogens (tertiary/aromatic N) is 3. The molecule has 0 bridgehead atoms. The highest BCUT2D eigenvalue weighted by molar-refractivity contribution is 6.00. The van der Waals surface area contributed by atoms with E-state index in [0.29, 0.717) is 30.0 Å². The van der Waals surface area contributed by atoms with Crippen LogP contribution in [-0.2, 0) is 13.0 Å². The first-order valence-corrected chi connectivity index (χ1v) is 9.23. The number of benzene rings is 2. The number of rotatable bonds is 2. The molecule has 0 aliphatic carbocycles. The third-order valence-electron chi connectivity index (χ3n) is 5.22. The van der Waals surface area contributed by atoms with Crippen molar-refractivity contribution in [1.82, 2.24) is 19.5 Å². The predicted octanol–water partition coefficient (Wildman–Crippen LogP) is 2.89. The maximum Gasteiger partial charge on any atom is 0.273 e. The summed E-state index contributed by atoms with van der Waals surface area (Å²) in [6, 6.07) is 19.2. The van der Waals surface area contributed by atoms with Gasteiger partial charge in [0.05, 0.1) is 5.69 Å². The van der Waals surface area contributed by atoms with Crippen LogP contribution >= 0.6 is 0 Å². The van der Waals surface area contributed by atoms with Gasteiger partial charge in [0.1, 0.15) is 5.56 Å². The van der Waals surface area contributed by atoms with E-state index in [1.165, 1.54) is 16.1 Å². The Kier molecular flexibility index (Phi) is 3.83. The Morgan fingerprint density at radius 2 is 1.75 bits per heavy atom. The standard InChI is InChI=1S/C22H18N4O2/c27-20-12-19(16-7-2-1-3-8-16)24-21-18(13-23-26(20)21)22(28)25-11-10-15-6-4-5-9-17(15)14-25/h1-9,12-13,23H,10-11,14H2. The van der Waals surface area contributed by atoms with Gasteiger partial charge in [-0.3, -0.25) is 14.7 Å². The molecule has 28 heavy (non-hydrogen) atoms. The van der Waals surface area contributed by atoms with Crippen molar-refractivity contribution in [3.63, 3.8) is 0 Å². The van der Waals surface area contributed by atoms with Crippen molar-refractivity contribution in [2.45, 2.75) is 13.0 Å². The maximum atomic E-state index is 13.2. The van der Waals surface area contributed by atoms with Crippen LogP contribution in [0, 0.1) is 0 Å². The largest absolute Gasteiger partial charge is 0.334 e. The zero-order valence-corrected chi connectivity index (χ0v) is 15.1. The monoisotopic (exact) mass is 370 g/mol. The van der Waals surface area contributed by atoms with Crippen LogP contribution in [-0.4, -0.2) is 31.9 Å². The van der Waals surface area contributed by atoms with E-state index in [9.17, 15) is 9.59 Å². The van der Waals surface area contributed by atoms with Crippen LogP contribution in [0.1, 0.15) is 21.5 Å². The number of hydrogen-bond acceptors (Lipinski definition) is 3. The highest BCUT2D eigenvalue weighted by atomic mass is 16.2. The van der Waals surface area contributed by atoms with Crippen molar-refractivity contribution in [3.8, 4) is 11.3 Å². The van der Waals surface area contributed by atoms with Gasteiger partial charge in [0.15, 0.2) is 5.65 Å². The van der Waals surface area contributed by atoms with Crippen LogP contribution in [0.2, 0.25) is 0 Å². The Balaban J connectivity index is 1.55. The molecule has 4 aromatic rings. The van der Waals surface area contributed by atoms with E-state index < -0.39 is 0 Å². The van der Waals surface area contributed by atoms with Gasteiger partial charge in [0, 0.05) is 30.9 Å². The average Bonchev–Trinajstić information content (AvgIpc) is 3.18. The molecule has 0 atom stereocenters. The van der Waals surface area contributed by atoms with Gasteiger partial charge in [-0.2, -0.15) is 0 Å². The first-order chi connectivity index (χ1) is 13.7. The van der Waals surface area contributed by atoms with Crippen LogP contribution in [0.4, 0.5) is 0 Å². The molecule has 0 unspecified atom stereocenters. The minimum absolute atomic E-state index is 0.120. The van der Waals surface area contributed by atoms with E-state index in [1.54, 1.807) is 6.20 Å². The van der Waals surface area contributed by atoms with E-state index in [-0.39, 0.29) is 11.5 Å². The molecular weight excluding hydrogens is 352 g/mol. The lowest BCUT2D eigenvalue weighted by Crippen LogP contribution is -2.36. The van der Waals surface area contributed by atoms with Crippen LogP contribution in [0.5, 0.6) is 0 Å². The summed E-state index contributed by atoms with van der Waals surface area (Å²) in [6.07, 6.45) is 2.40. The Labute approximate surface area is 161 Å². The molecule has 0 radical (unpaired) electrons. The van der Waals surface area contributed by atoms with E-state index >= 15 is 0 Å². The summed E-state index contributed by atoms with van der Waals surface area (Å²) in [5.74, 6) is -0.120. The second-order valence-electron chi connectivity index (χ2n) is 6.94. The smallest absolute Gasteiger partial charge is 0.273 e. The molecule has 1 N–H and O–H groups in total. The molecule has 2 aromatic heterocycles. The first-order valence-electron chi connectivity index (χ1n) is 9.23. The number of amides is 1. The molecule has 138 valence electrons. The summed E-state index contributed by atoms with van der Waals surface area (Å²) in [4.78, 5) is 32.1. The van der Waals surface area contributed by atoms with Crippen molar-refractivity contribution >= 4 is 11.6 Å². The zero-order valence-electron chi connectivity index (χ0n) is 15.1. The molecule has 0 fully saturated rings. The number of H-pyrrole nitrogens is 1. The third-order valence-corrected chi connectivity index (χ3v) is 5.22. The van der Waals surface area contributed by atoms with Gasteiger partial charge in [0.25, 0.3) is 11.5 Å². The Hall–Kier alpha value is -3.67. The molecule has 6 nitrogen and oxygen atoms in total. The summed E-state index contributed by atoms with van der Waals surface area (Å²) in [5.41, 5.74) is 4.37. The second-order valence-corrected chi connectivity index (χ2v) is 6.94. The lowest BCUT2D eigenvalue weighted by Gasteiger charge is -2.28. The second kappa shape index (κ2) is 6.49. The first kappa shape index (κ1) is 16.5. The van der Waals surface area contributed by atoms with Gasteiger partial charge in [-0.25, -0.2) is 9.50 Å². The van der Waals surface area contributed by atoms with Crippen molar-refractivity contribution in [2.75, 3.05) is 6.54 Å². The fourth-order valence-electron chi connectivity index (χ4n) is 3.73. The van der Waals surface area contributed by atoms with E-state index in [1.807, 2.05) is 47.4 Å². The van der Waals surface area contributed by atoms with Gasteiger partial charge < -0.3 is 4.90 Å². The van der Waals surface area contributed by atoms with Crippen LogP contribution in [0.3, 0.4) is 0 Å². The number of nitrogens with one attached hydrogen (secondary N) is 1. The number of carbonyl (C=O) groups is 1. The summed E-state index contributed by atoms with van der Waals surface area (Å²) >= 11 is 0. The Bertz CT molecular complexity index is 1240. The number of hydrogen-bond donors (Lipinski definition) is 1. The van der Waals surface area contributed by atoms with Crippen LogP contribution in [0.25, 0.3) is 16.9 Å². The van der Waals surface area contributed by atoms with Crippen molar-refractivity contribution in [1.29, 1.82) is 0 Å². The van der Waals surface area contributed by atoms with Crippen molar-refractivity contribution < 1.29 is 4.79 Å². The average molecular weight is 370 g/mol.